The topological polar surface area (TPSA) is 35.6 Å². The van der Waals surface area contributed by atoms with E-state index in [0.29, 0.717) is 5.82 Å². The van der Waals surface area contributed by atoms with Crippen molar-refractivity contribution < 1.29 is 0 Å². The Hall–Kier alpha value is -8.68. The van der Waals surface area contributed by atoms with Gasteiger partial charge in [0, 0.05) is 64.6 Å². The van der Waals surface area contributed by atoms with E-state index < -0.39 is 8.07 Å². The molecular weight excluding hydrogens is 885 g/mol. The molecule has 4 aromatic heterocycles. The number of benzene rings is 10. The van der Waals surface area contributed by atoms with Crippen molar-refractivity contribution in [1.82, 2.24) is 19.1 Å². The third kappa shape index (κ3) is 6.27. The molecule has 10 aromatic carbocycles. The molecule has 4 heterocycles. The van der Waals surface area contributed by atoms with Crippen LogP contribution in [0.2, 0.25) is 0 Å². The van der Waals surface area contributed by atoms with Gasteiger partial charge in [0.05, 0.1) is 27.8 Å². The summed E-state index contributed by atoms with van der Waals surface area (Å²) < 4.78 is 7.23. The summed E-state index contributed by atoms with van der Waals surface area (Å²) in [5, 5.41) is 12.7. The van der Waals surface area contributed by atoms with Gasteiger partial charge in [-0.1, -0.05) is 200 Å². The van der Waals surface area contributed by atoms with Crippen molar-refractivity contribution in [3.8, 4) is 34.2 Å². The molecular formula is C64H42N4SSi. The first-order valence-electron chi connectivity index (χ1n) is 23.8. The maximum Gasteiger partial charge on any atom is 0.179 e. The van der Waals surface area contributed by atoms with E-state index in [-0.39, 0.29) is 0 Å². The number of nitrogens with zero attached hydrogens (tertiary/aromatic N) is 4. The van der Waals surface area contributed by atoms with E-state index in [1.165, 1.54) is 68.1 Å². The van der Waals surface area contributed by atoms with Crippen LogP contribution in [-0.4, -0.2) is 27.2 Å². The zero-order chi connectivity index (χ0) is 46.2. The molecule has 0 atom stereocenters. The Balaban J connectivity index is 0.981. The van der Waals surface area contributed by atoms with Gasteiger partial charge in [-0.15, -0.1) is 11.3 Å². The van der Waals surface area contributed by atoms with Crippen molar-refractivity contribution in [2.75, 3.05) is 0 Å². The molecule has 0 aliphatic carbocycles. The first kappa shape index (κ1) is 40.4. The van der Waals surface area contributed by atoms with Crippen LogP contribution in [0, 0.1) is 0 Å². The maximum absolute atomic E-state index is 5.52. The average molecular weight is 927 g/mol. The van der Waals surface area contributed by atoms with E-state index in [4.69, 9.17) is 9.97 Å². The number of hydrogen-bond donors (Lipinski definition) is 0. The smallest absolute Gasteiger partial charge is 0.179 e. The number of thiophene rings is 1. The van der Waals surface area contributed by atoms with Crippen molar-refractivity contribution in [2.45, 2.75) is 0 Å². The molecule has 0 saturated carbocycles. The van der Waals surface area contributed by atoms with Crippen LogP contribution in [0.4, 0.5) is 0 Å². The molecule has 0 amide bonds. The highest BCUT2D eigenvalue weighted by atomic mass is 32.1. The van der Waals surface area contributed by atoms with E-state index >= 15 is 0 Å². The van der Waals surface area contributed by atoms with Crippen LogP contribution < -0.4 is 20.7 Å². The standard InChI is InChI=1S/C64H42N4SSi/c1-4-18-46(19-5-1)70(47-20-6-2-7-21-47,48-22-8-3-9-23-48)49-36-32-43(33-37-49)56-42-63(66-64(65-56)44-34-38-54-53-27-13-17-31-61(53)69-62(54)40-44)68-59-30-16-12-26-52(59)55-41-45(35-39-60(55)68)67-57-28-14-10-24-50(57)51-25-11-15-29-58(51)67/h1-42H. The van der Waals surface area contributed by atoms with Gasteiger partial charge in [-0.25, -0.2) is 9.97 Å². The summed E-state index contributed by atoms with van der Waals surface area (Å²) >= 11 is 1.82. The summed E-state index contributed by atoms with van der Waals surface area (Å²) in [5.74, 6) is 1.50. The number of para-hydroxylation sites is 3. The van der Waals surface area contributed by atoms with Crippen LogP contribution in [0.3, 0.4) is 0 Å². The minimum absolute atomic E-state index is 0.686. The zero-order valence-corrected chi connectivity index (χ0v) is 39.8. The summed E-state index contributed by atoms with van der Waals surface area (Å²) in [6, 6.07) is 93.2. The molecule has 70 heavy (non-hydrogen) atoms. The molecule has 0 aliphatic rings. The number of aromatic nitrogens is 4. The molecule has 328 valence electrons. The Morgan fingerprint density at radius 2 is 0.786 bits per heavy atom. The maximum atomic E-state index is 5.52. The van der Waals surface area contributed by atoms with E-state index in [1.54, 1.807) is 0 Å². The lowest BCUT2D eigenvalue weighted by Crippen LogP contribution is -2.74. The highest BCUT2D eigenvalue weighted by molar-refractivity contribution is 7.25. The van der Waals surface area contributed by atoms with Crippen LogP contribution in [0.25, 0.3) is 97.9 Å². The summed E-state index contributed by atoms with van der Waals surface area (Å²) in [5.41, 5.74) is 8.55. The fourth-order valence-corrected chi connectivity index (χ4v) is 17.1. The van der Waals surface area contributed by atoms with Crippen LogP contribution in [0.15, 0.2) is 255 Å². The molecule has 0 spiro atoms. The van der Waals surface area contributed by atoms with Gasteiger partial charge in [-0.3, -0.25) is 4.57 Å². The van der Waals surface area contributed by atoms with E-state index in [1.807, 2.05) is 11.3 Å². The zero-order valence-electron chi connectivity index (χ0n) is 37.9. The van der Waals surface area contributed by atoms with Gasteiger partial charge in [-0.05, 0) is 69.3 Å². The minimum Gasteiger partial charge on any atom is -0.309 e. The molecule has 0 fully saturated rings. The van der Waals surface area contributed by atoms with Crippen LogP contribution in [0.1, 0.15) is 0 Å². The normalized spacial score (nSPS) is 12.0. The summed E-state index contributed by atoms with van der Waals surface area (Å²) in [4.78, 5) is 11.0. The van der Waals surface area contributed by atoms with Gasteiger partial charge in [0.25, 0.3) is 0 Å². The molecule has 14 rings (SSSR count). The third-order valence-electron chi connectivity index (χ3n) is 14.3. The Bertz CT molecular complexity index is 4140. The number of fused-ring (bicyclic) bond motifs is 9. The first-order valence-corrected chi connectivity index (χ1v) is 26.6. The predicted molar refractivity (Wildman–Crippen MR) is 298 cm³/mol. The van der Waals surface area contributed by atoms with Crippen molar-refractivity contribution in [3.63, 3.8) is 0 Å². The molecule has 0 bridgehead atoms. The molecule has 0 aliphatic heterocycles. The Labute approximate surface area is 409 Å². The van der Waals surface area contributed by atoms with Crippen molar-refractivity contribution in [3.05, 3.63) is 255 Å². The van der Waals surface area contributed by atoms with Gasteiger partial charge < -0.3 is 4.57 Å². The van der Waals surface area contributed by atoms with Gasteiger partial charge >= 0.3 is 0 Å². The average Bonchev–Trinajstić information content (AvgIpc) is 4.09. The van der Waals surface area contributed by atoms with Gasteiger partial charge in [0.1, 0.15) is 5.82 Å². The monoisotopic (exact) mass is 926 g/mol. The quantitative estimate of drug-likeness (QED) is 0.112. The largest absolute Gasteiger partial charge is 0.309 e. The molecule has 0 radical (unpaired) electrons. The highest BCUT2D eigenvalue weighted by Gasteiger charge is 2.41. The minimum atomic E-state index is -2.74. The number of hydrogen-bond acceptors (Lipinski definition) is 3. The third-order valence-corrected chi connectivity index (χ3v) is 20.2. The molecule has 14 aromatic rings. The van der Waals surface area contributed by atoms with Gasteiger partial charge in [-0.2, -0.15) is 0 Å². The Morgan fingerprint density at radius 1 is 0.314 bits per heavy atom. The second-order valence-electron chi connectivity index (χ2n) is 18.1. The summed E-state index contributed by atoms with van der Waals surface area (Å²) in [6.07, 6.45) is 0. The predicted octanol–water partition coefficient (Wildman–Crippen LogP) is 13.8. The SMILES string of the molecule is c1ccc([Si](c2ccccc2)(c2ccccc2)c2ccc(-c3cc(-n4c5ccccc5c5cc(-n6c7ccccc7c7ccccc76)ccc54)nc(-c4ccc5c(c4)sc4ccccc45)n3)cc2)cc1. The first-order chi connectivity index (χ1) is 34.7. The van der Waals surface area contributed by atoms with Crippen LogP contribution in [-0.2, 0) is 0 Å². The number of rotatable bonds is 8. The van der Waals surface area contributed by atoms with Crippen LogP contribution in [0.5, 0.6) is 0 Å². The Kier molecular flexibility index (Phi) is 9.37. The fourth-order valence-electron chi connectivity index (χ4n) is 11.2. The molecule has 4 nitrogen and oxygen atoms in total. The van der Waals surface area contributed by atoms with Crippen molar-refractivity contribution >= 4 is 104 Å². The second kappa shape index (κ2) is 16.2. The molecule has 0 unspecified atom stereocenters. The molecule has 0 N–H and O–H groups in total. The van der Waals surface area contributed by atoms with Gasteiger partial charge in [0.2, 0.25) is 0 Å². The fraction of sp³-hybridized carbons (Fsp3) is 0. The lowest BCUT2D eigenvalue weighted by molar-refractivity contribution is 1.05. The summed E-state index contributed by atoms with van der Waals surface area (Å²) in [7, 11) is -2.74. The van der Waals surface area contributed by atoms with E-state index in [9.17, 15) is 0 Å². The van der Waals surface area contributed by atoms with Crippen molar-refractivity contribution in [2.24, 2.45) is 0 Å². The van der Waals surface area contributed by atoms with E-state index in [0.717, 1.165) is 44.7 Å². The Morgan fingerprint density at radius 3 is 1.40 bits per heavy atom. The highest BCUT2D eigenvalue weighted by Crippen LogP contribution is 2.39. The summed E-state index contributed by atoms with van der Waals surface area (Å²) in [6.45, 7) is 0. The van der Waals surface area contributed by atoms with Gasteiger partial charge in [0.15, 0.2) is 13.9 Å². The second-order valence-corrected chi connectivity index (χ2v) is 23.0. The molecule has 6 heteroatoms. The van der Waals surface area contributed by atoms with Crippen molar-refractivity contribution in [1.29, 1.82) is 0 Å². The lowest BCUT2D eigenvalue weighted by atomic mass is 10.1. The van der Waals surface area contributed by atoms with Crippen LogP contribution >= 0.6 is 11.3 Å². The lowest BCUT2D eigenvalue weighted by Gasteiger charge is -2.34. The molecule has 0 saturated heterocycles. The van der Waals surface area contributed by atoms with E-state index in [2.05, 4.69) is 264 Å².